The van der Waals surface area contributed by atoms with Gasteiger partial charge in [-0.3, -0.25) is 4.39 Å². The molecular weight excluding hydrogens is 298 g/mol. The van der Waals surface area contributed by atoms with E-state index in [1.807, 2.05) is 0 Å². The molecule has 0 saturated carbocycles. The minimum absolute atomic E-state index is 0.336. The van der Waals surface area contributed by atoms with E-state index in [0.29, 0.717) is 12.0 Å². The van der Waals surface area contributed by atoms with E-state index >= 15 is 0 Å². The smallest absolute Gasteiger partial charge is 0.337 e. The summed E-state index contributed by atoms with van der Waals surface area (Å²) in [6, 6.07) is 5.14. The normalized spacial score (nSPS) is 9.93. The lowest BCUT2D eigenvalue weighted by Crippen LogP contribution is -2.03. The number of hydrogen-bond acceptors (Lipinski definition) is 2. The molecule has 76 valence electrons. The summed E-state index contributed by atoms with van der Waals surface area (Å²) in [6.45, 7) is -0.416. The summed E-state index contributed by atoms with van der Waals surface area (Å²) in [5, 5.41) is 0. The van der Waals surface area contributed by atoms with Gasteiger partial charge in [-0.05, 0) is 46.4 Å². The van der Waals surface area contributed by atoms with Gasteiger partial charge in [-0.1, -0.05) is 0 Å². The molecule has 0 aliphatic rings. The third kappa shape index (κ3) is 2.67. The van der Waals surface area contributed by atoms with Crippen molar-refractivity contribution in [2.75, 3.05) is 13.8 Å². The lowest BCUT2D eigenvalue weighted by molar-refractivity contribution is 0.0600. The van der Waals surface area contributed by atoms with Crippen molar-refractivity contribution >= 4 is 28.6 Å². The molecule has 0 bridgehead atoms. The first-order valence-corrected chi connectivity index (χ1v) is 5.19. The van der Waals surface area contributed by atoms with Crippen LogP contribution in [0.15, 0.2) is 18.2 Å². The molecule has 1 aromatic rings. The Bertz CT molecular complexity index is 339. The second-order valence-corrected chi connectivity index (χ2v) is 3.90. The summed E-state index contributed by atoms with van der Waals surface area (Å²) in [6.07, 6.45) is 0.336. The number of ether oxygens (including phenoxy) is 1. The van der Waals surface area contributed by atoms with Crippen molar-refractivity contribution in [3.63, 3.8) is 0 Å². The number of hydrogen-bond donors (Lipinski definition) is 0. The Kier molecular flexibility index (Phi) is 4.31. The summed E-state index contributed by atoms with van der Waals surface area (Å²) >= 11 is 2.12. The van der Waals surface area contributed by atoms with Crippen molar-refractivity contribution < 1.29 is 13.9 Å². The number of halogens is 2. The predicted molar refractivity (Wildman–Crippen MR) is 60.2 cm³/mol. The fourth-order valence-corrected chi connectivity index (χ4v) is 1.72. The van der Waals surface area contributed by atoms with Crippen LogP contribution in [-0.2, 0) is 11.2 Å². The number of esters is 1. The van der Waals surface area contributed by atoms with Crippen LogP contribution in [-0.4, -0.2) is 19.8 Å². The zero-order valence-corrected chi connectivity index (χ0v) is 9.88. The molecule has 0 unspecified atom stereocenters. The lowest BCUT2D eigenvalue weighted by atomic mass is 10.1. The summed E-state index contributed by atoms with van der Waals surface area (Å²) in [7, 11) is 1.33. The van der Waals surface area contributed by atoms with Crippen LogP contribution in [0.5, 0.6) is 0 Å². The van der Waals surface area contributed by atoms with Gasteiger partial charge in [-0.25, -0.2) is 4.79 Å². The molecule has 0 N–H and O–H groups in total. The van der Waals surface area contributed by atoms with Gasteiger partial charge in [0.25, 0.3) is 0 Å². The van der Waals surface area contributed by atoms with Gasteiger partial charge in [-0.15, -0.1) is 0 Å². The molecule has 0 aromatic heterocycles. The maximum atomic E-state index is 12.2. The highest BCUT2D eigenvalue weighted by molar-refractivity contribution is 14.1. The SMILES string of the molecule is COC(=O)c1ccc(I)c(CCF)c1. The Morgan fingerprint density at radius 3 is 2.86 bits per heavy atom. The molecule has 0 heterocycles. The zero-order valence-electron chi connectivity index (χ0n) is 7.72. The van der Waals surface area contributed by atoms with Crippen molar-refractivity contribution in [1.82, 2.24) is 0 Å². The number of rotatable bonds is 3. The molecule has 0 radical (unpaired) electrons. The highest BCUT2D eigenvalue weighted by atomic mass is 127. The van der Waals surface area contributed by atoms with Gasteiger partial charge in [0, 0.05) is 9.99 Å². The Balaban J connectivity index is 2.99. The van der Waals surface area contributed by atoms with Crippen molar-refractivity contribution in [1.29, 1.82) is 0 Å². The maximum Gasteiger partial charge on any atom is 0.337 e. The predicted octanol–water partition coefficient (Wildman–Crippen LogP) is 2.59. The first kappa shape index (κ1) is 11.4. The van der Waals surface area contributed by atoms with Gasteiger partial charge in [0.1, 0.15) is 0 Å². The summed E-state index contributed by atoms with van der Waals surface area (Å²) in [5.41, 5.74) is 1.31. The molecule has 14 heavy (non-hydrogen) atoms. The minimum atomic E-state index is -0.416. The first-order valence-electron chi connectivity index (χ1n) is 4.11. The monoisotopic (exact) mass is 308 g/mol. The van der Waals surface area contributed by atoms with E-state index < -0.39 is 6.67 Å². The van der Waals surface area contributed by atoms with Crippen LogP contribution < -0.4 is 0 Å². The largest absolute Gasteiger partial charge is 0.465 e. The van der Waals surface area contributed by atoms with Crippen LogP contribution in [0.4, 0.5) is 4.39 Å². The van der Waals surface area contributed by atoms with Gasteiger partial charge in [0.15, 0.2) is 0 Å². The Morgan fingerprint density at radius 2 is 2.29 bits per heavy atom. The second kappa shape index (κ2) is 5.29. The number of carbonyl (C=O) groups is 1. The Hall–Kier alpha value is -0.650. The van der Waals surface area contributed by atoms with Crippen LogP contribution in [0, 0.1) is 3.57 Å². The molecule has 0 saturated heterocycles. The summed E-state index contributed by atoms with van der Waals surface area (Å²) < 4.78 is 17.7. The molecule has 1 aromatic carbocycles. The molecule has 1 rings (SSSR count). The van der Waals surface area contributed by atoms with E-state index in [0.717, 1.165) is 9.13 Å². The van der Waals surface area contributed by atoms with Crippen LogP contribution in [0.3, 0.4) is 0 Å². The van der Waals surface area contributed by atoms with E-state index in [1.165, 1.54) is 7.11 Å². The zero-order chi connectivity index (χ0) is 10.6. The van der Waals surface area contributed by atoms with Gasteiger partial charge in [0.05, 0.1) is 19.3 Å². The number of carbonyl (C=O) groups excluding carboxylic acids is 1. The molecule has 0 fully saturated rings. The number of aryl methyl sites for hydroxylation is 1. The minimum Gasteiger partial charge on any atom is -0.465 e. The number of methoxy groups -OCH3 is 1. The number of benzene rings is 1. The van der Waals surface area contributed by atoms with E-state index in [2.05, 4.69) is 27.3 Å². The van der Waals surface area contributed by atoms with E-state index in [-0.39, 0.29) is 5.97 Å². The molecule has 2 nitrogen and oxygen atoms in total. The second-order valence-electron chi connectivity index (χ2n) is 2.74. The highest BCUT2D eigenvalue weighted by Gasteiger charge is 2.08. The molecule has 0 aliphatic carbocycles. The first-order chi connectivity index (χ1) is 6.69. The van der Waals surface area contributed by atoms with Crippen LogP contribution in [0.1, 0.15) is 15.9 Å². The van der Waals surface area contributed by atoms with E-state index in [4.69, 9.17) is 0 Å². The Labute approximate surface area is 95.6 Å². The van der Waals surface area contributed by atoms with Crippen LogP contribution in [0.2, 0.25) is 0 Å². The fraction of sp³-hybridized carbons (Fsp3) is 0.300. The summed E-state index contributed by atoms with van der Waals surface area (Å²) in [5.74, 6) is -0.387. The van der Waals surface area contributed by atoms with Crippen molar-refractivity contribution in [3.05, 3.63) is 32.9 Å². The van der Waals surface area contributed by atoms with Crippen molar-refractivity contribution in [3.8, 4) is 0 Å². The van der Waals surface area contributed by atoms with Gasteiger partial charge >= 0.3 is 5.97 Å². The van der Waals surface area contributed by atoms with Crippen molar-refractivity contribution in [2.24, 2.45) is 0 Å². The van der Waals surface area contributed by atoms with Gasteiger partial charge in [0.2, 0.25) is 0 Å². The van der Waals surface area contributed by atoms with E-state index in [9.17, 15) is 9.18 Å². The van der Waals surface area contributed by atoms with Crippen molar-refractivity contribution in [2.45, 2.75) is 6.42 Å². The fourth-order valence-electron chi connectivity index (χ4n) is 1.11. The van der Waals surface area contributed by atoms with Gasteiger partial charge < -0.3 is 4.74 Å². The topological polar surface area (TPSA) is 26.3 Å². The molecule has 0 atom stereocenters. The maximum absolute atomic E-state index is 12.2. The average Bonchev–Trinajstić information content (AvgIpc) is 2.20. The average molecular weight is 308 g/mol. The third-order valence-corrected chi connectivity index (χ3v) is 2.88. The standard InChI is InChI=1S/C10H10FIO2/c1-14-10(13)8-2-3-9(12)7(6-8)4-5-11/h2-3,6H,4-5H2,1H3. The quantitative estimate of drug-likeness (QED) is 0.634. The molecule has 0 spiro atoms. The lowest BCUT2D eigenvalue weighted by Gasteiger charge is -2.04. The molecule has 0 amide bonds. The highest BCUT2D eigenvalue weighted by Crippen LogP contribution is 2.15. The molecule has 0 aliphatic heterocycles. The Morgan fingerprint density at radius 1 is 1.57 bits per heavy atom. The summed E-state index contributed by atoms with van der Waals surface area (Å²) in [4.78, 5) is 11.2. The van der Waals surface area contributed by atoms with Crippen LogP contribution in [0.25, 0.3) is 0 Å². The van der Waals surface area contributed by atoms with Crippen LogP contribution >= 0.6 is 22.6 Å². The molecular formula is C10H10FIO2. The van der Waals surface area contributed by atoms with E-state index in [1.54, 1.807) is 18.2 Å². The molecule has 4 heteroatoms. The van der Waals surface area contributed by atoms with Gasteiger partial charge in [-0.2, -0.15) is 0 Å². The third-order valence-electron chi connectivity index (χ3n) is 1.83. The number of alkyl halides is 1.